The summed E-state index contributed by atoms with van der Waals surface area (Å²) in [5.41, 5.74) is 0.699. The summed E-state index contributed by atoms with van der Waals surface area (Å²) in [7, 11) is -4.36. The van der Waals surface area contributed by atoms with E-state index in [1.165, 1.54) is 30.5 Å². The lowest BCUT2D eigenvalue weighted by molar-refractivity contribution is -0.275. The van der Waals surface area contributed by atoms with Crippen LogP contribution < -0.4 is 9.04 Å². The van der Waals surface area contributed by atoms with E-state index in [9.17, 15) is 30.8 Å². The largest absolute Gasteiger partial charge is 0.573 e. The minimum atomic E-state index is -5.10. The summed E-state index contributed by atoms with van der Waals surface area (Å²) in [4.78, 5) is 16.2. The number of sulfonamides is 1. The van der Waals surface area contributed by atoms with Crippen LogP contribution in [0.5, 0.6) is 5.75 Å². The van der Waals surface area contributed by atoms with Gasteiger partial charge in [0.1, 0.15) is 5.82 Å². The number of anilines is 1. The van der Waals surface area contributed by atoms with Crippen LogP contribution in [0, 0.1) is 12.7 Å². The Morgan fingerprint density at radius 2 is 1.72 bits per heavy atom. The maximum atomic E-state index is 14.5. The van der Waals surface area contributed by atoms with Crippen molar-refractivity contribution < 1.29 is 40.2 Å². The average molecular weight is 563 g/mol. The zero-order chi connectivity index (χ0) is 28.4. The molecule has 0 bridgehead atoms. The third-order valence-corrected chi connectivity index (χ3v) is 7.51. The number of aromatic nitrogens is 1. The Kier molecular flexibility index (Phi) is 7.77. The normalized spacial score (nSPS) is 11.8. The molecule has 0 spiro atoms. The van der Waals surface area contributed by atoms with Crippen LogP contribution >= 0.6 is 0 Å². The zero-order valence-electron chi connectivity index (χ0n) is 20.7. The topological polar surface area (TPSA) is 85.8 Å². The van der Waals surface area contributed by atoms with Crippen molar-refractivity contribution in [1.82, 2.24) is 4.98 Å². The van der Waals surface area contributed by atoms with Crippen LogP contribution in [-0.2, 0) is 21.3 Å². The van der Waals surface area contributed by atoms with Crippen LogP contribution in [0.1, 0.15) is 28.4 Å². The quantitative estimate of drug-likeness (QED) is 0.189. The van der Waals surface area contributed by atoms with Gasteiger partial charge < -0.3 is 9.47 Å². The Bertz CT molecular complexity index is 1620. The first-order valence-electron chi connectivity index (χ1n) is 11.6. The van der Waals surface area contributed by atoms with Gasteiger partial charge in [-0.2, -0.15) is 0 Å². The zero-order valence-corrected chi connectivity index (χ0v) is 21.5. The fraction of sp³-hybridized carbons (Fsp3) is 0.185. The first-order valence-corrected chi connectivity index (χ1v) is 13.0. The van der Waals surface area contributed by atoms with E-state index < -0.39 is 40.5 Å². The lowest BCUT2D eigenvalue weighted by atomic mass is 10.1. The fourth-order valence-corrected chi connectivity index (χ4v) is 5.41. The second-order valence-corrected chi connectivity index (χ2v) is 10.2. The van der Waals surface area contributed by atoms with E-state index in [4.69, 9.17) is 4.74 Å². The maximum Gasteiger partial charge on any atom is 0.573 e. The number of carbonyl (C=O) groups excluding carboxylic acids is 1. The van der Waals surface area contributed by atoms with E-state index in [2.05, 4.69) is 9.72 Å². The molecule has 1 aromatic heterocycles. The molecule has 0 saturated heterocycles. The molecule has 204 valence electrons. The lowest BCUT2D eigenvalue weighted by Gasteiger charge is -2.26. The Hall–Kier alpha value is -4.19. The van der Waals surface area contributed by atoms with Gasteiger partial charge in [-0.15, -0.1) is 13.2 Å². The van der Waals surface area contributed by atoms with Crippen LogP contribution in [0.3, 0.4) is 0 Å². The summed E-state index contributed by atoms with van der Waals surface area (Å²) in [6, 6.07) is 14.9. The minimum Gasteiger partial charge on any atom is -0.462 e. The molecule has 0 aliphatic carbocycles. The van der Waals surface area contributed by atoms with Gasteiger partial charge in [0, 0.05) is 17.1 Å². The predicted octanol–water partition coefficient (Wildman–Crippen LogP) is 6.15. The molecule has 0 saturated carbocycles. The SMILES string of the molecule is CCOC(=O)c1ccc(S(=O)(=O)N(Cc2ccc(OC(F)(F)F)c(F)c2)c2ncc3ccccc3c2C)cc1. The monoisotopic (exact) mass is 562 g/mol. The van der Waals surface area contributed by atoms with Crippen molar-refractivity contribution in [3.8, 4) is 5.75 Å². The molecule has 0 aliphatic heterocycles. The van der Waals surface area contributed by atoms with Crippen molar-refractivity contribution in [1.29, 1.82) is 0 Å². The molecule has 1 heterocycles. The molecule has 0 atom stereocenters. The summed E-state index contributed by atoms with van der Waals surface area (Å²) in [5, 5.41) is 1.48. The van der Waals surface area contributed by atoms with E-state index >= 15 is 0 Å². The molecule has 0 aliphatic rings. The number of esters is 1. The van der Waals surface area contributed by atoms with Gasteiger partial charge >= 0.3 is 12.3 Å². The summed E-state index contributed by atoms with van der Waals surface area (Å²) in [5.74, 6) is -2.94. The van der Waals surface area contributed by atoms with Crippen molar-refractivity contribution in [2.24, 2.45) is 0 Å². The second kappa shape index (κ2) is 10.9. The first-order chi connectivity index (χ1) is 18.4. The molecule has 7 nitrogen and oxygen atoms in total. The van der Waals surface area contributed by atoms with E-state index in [0.717, 1.165) is 33.3 Å². The summed E-state index contributed by atoms with van der Waals surface area (Å²) in [6.45, 7) is 3.00. The van der Waals surface area contributed by atoms with Gasteiger partial charge in [0.25, 0.3) is 10.0 Å². The van der Waals surface area contributed by atoms with E-state index in [-0.39, 0.29) is 28.4 Å². The number of fused-ring (bicyclic) bond motifs is 1. The number of rotatable bonds is 8. The number of hydrogen-bond donors (Lipinski definition) is 0. The number of carbonyl (C=O) groups is 1. The van der Waals surface area contributed by atoms with Crippen molar-refractivity contribution in [3.05, 3.63) is 95.4 Å². The van der Waals surface area contributed by atoms with Gasteiger partial charge in [0.05, 0.1) is 23.6 Å². The number of alkyl halides is 3. The van der Waals surface area contributed by atoms with Crippen LogP contribution in [0.15, 0.2) is 77.8 Å². The molecule has 4 rings (SSSR count). The highest BCUT2D eigenvalue weighted by Gasteiger charge is 2.33. The van der Waals surface area contributed by atoms with Crippen LogP contribution in [0.4, 0.5) is 23.4 Å². The highest BCUT2D eigenvalue weighted by molar-refractivity contribution is 7.92. The molecule has 12 heteroatoms. The fourth-order valence-electron chi connectivity index (χ4n) is 3.94. The van der Waals surface area contributed by atoms with Crippen LogP contribution in [-0.4, -0.2) is 32.3 Å². The van der Waals surface area contributed by atoms with Crippen molar-refractivity contribution in [2.45, 2.75) is 31.7 Å². The van der Waals surface area contributed by atoms with Gasteiger partial charge in [0.15, 0.2) is 11.6 Å². The first kappa shape index (κ1) is 27.8. The molecule has 0 radical (unpaired) electrons. The Morgan fingerprint density at radius 3 is 2.36 bits per heavy atom. The molecular formula is C27H22F4N2O5S. The Labute approximate surface area is 221 Å². The van der Waals surface area contributed by atoms with Crippen molar-refractivity contribution in [2.75, 3.05) is 10.9 Å². The van der Waals surface area contributed by atoms with Crippen molar-refractivity contribution >= 4 is 32.6 Å². The van der Waals surface area contributed by atoms with Gasteiger partial charge in [0.2, 0.25) is 0 Å². The maximum absolute atomic E-state index is 14.5. The van der Waals surface area contributed by atoms with Gasteiger partial charge in [-0.25, -0.2) is 26.9 Å². The average Bonchev–Trinajstić information content (AvgIpc) is 2.89. The third kappa shape index (κ3) is 6.11. The molecule has 39 heavy (non-hydrogen) atoms. The summed E-state index contributed by atoms with van der Waals surface area (Å²) >= 11 is 0. The smallest absolute Gasteiger partial charge is 0.462 e. The second-order valence-electron chi connectivity index (χ2n) is 8.36. The minimum absolute atomic E-state index is 0.0409. The van der Waals surface area contributed by atoms with Gasteiger partial charge in [-0.05, 0) is 61.2 Å². The molecular weight excluding hydrogens is 540 g/mol. The number of nitrogens with zero attached hydrogens (tertiary/aromatic N) is 2. The number of ether oxygens (including phenoxy) is 2. The third-order valence-electron chi connectivity index (χ3n) is 5.76. The standard InChI is InChI=1S/C27H22F4N2O5S/c1-3-37-26(34)19-9-11-21(12-10-19)39(35,36)33(25-17(2)22-7-5-4-6-20(22)15-32-25)16-18-8-13-24(23(28)14-18)38-27(29,30)31/h4-15H,3,16H2,1-2H3. The molecule has 0 N–H and O–H groups in total. The number of aryl methyl sites for hydroxylation is 1. The number of benzene rings is 3. The molecule has 0 unspecified atom stereocenters. The Balaban J connectivity index is 1.79. The van der Waals surface area contributed by atoms with Crippen molar-refractivity contribution in [3.63, 3.8) is 0 Å². The summed E-state index contributed by atoms with van der Waals surface area (Å²) in [6.07, 6.45) is -3.61. The summed E-state index contributed by atoms with van der Waals surface area (Å²) < 4.78 is 89.5. The highest BCUT2D eigenvalue weighted by Crippen LogP contribution is 2.33. The Morgan fingerprint density at radius 1 is 1.03 bits per heavy atom. The highest BCUT2D eigenvalue weighted by atomic mass is 32.2. The number of hydrogen-bond acceptors (Lipinski definition) is 6. The molecule has 4 aromatic rings. The van der Waals surface area contributed by atoms with Crippen LogP contribution in [0.25, 0.3) is 10.8 Å². The van der Waals surface area contributed by atoms with Gasteiger partial charge in [-0.1, -0.05) is 30.3 Å². The molecule has 3 aromatic carbocycles. The number of pyridine rings is 1. The van der Waals surface area contributed by atoms with E-state index in [1.807, 2.05) is 0 Å². The van der Waals surface area contributed by atoms with E-state index in [1.54, 1.807) is 38.1 Å². The molecule has 0 amide bonds. The van der Waals surface area contributed by atoms with Gasteiger partial charge in [-0.3, -0.25) is 0 Å². The lowest BCUT2D eigenvalue weighted by Crippen LogP contribution is -2.32. The van der Waals surface area contributed by atoms with Crippen LogP contribution in [0.2, 0.25) is 0 Å². The van der Waals surface area contributed by atoms with E-state index in [0.29, 0.717) is 5.56 Å². The predicted molar refractivity (Wildman–Crippen MR) is 135 cm³/mol. The molecule has 0 fully saturated rings. The number of halogens is 4.